The molecule has 0 spiro atoms. The van der Waals surface area contributed by atoms with Gasteiger partial charge >= 0.3 is 5.97 Å². The Bertz CT molecular complexity index is 1260. The first kappa shape index (κ1) is 25.1. The normalized spacial score (nSPS) is 10.9. The number of nitrogens with one attached hydrogen (secondary N) is 1. The minimum Gasteiger partial charge on any atom is -0.462 e. The van der Waals surface area contributed by atoms with E-state index in [-0.39, 0.29) is 22.9 Å². The highest BCUT2D eigenvalue weighted by atomic mass is 35.5. The van der Waals surface area contributed by atoms with Crippen LogP contribution in [0.5, 0.6) is 11.5 Å². The third kappa shape index (κ3) is 6.72. The number of rotatable bonds is 9. The fraction of sp³-hybridized carbons (Fsp3) is 0.167. The Morgan fingerprint density at radius 1 is 0.971 bits per heavy atom. The second-order valence-electron chi connectivity index (χ2n) is 7.14. The smallest absolute Gasteiger partial charge is 0.339 e. The number of para-hydroxylation sites is 1. The van der Waals surface area contributed by atoms with Crippen molar-refractivity contribution in [3.8, 4) is 11.5 Å². The predicted molar refractivity (Wildman–Crippen MR) is 131 cm³/mol. The average Bonchev–Trinajstić information content (AvgIpc) is 2.79. The van der Waals surface area contributed by atoms with Crippen LogP contribution in [0.1, 0.15) is 17.3 Å². The van der Waals surface area contributed by atoms with E-state index in [2.05, 4.69) is 5.32 Å². The monoisotopic (exact) mass is 502 g/mol. The van der Waals surface area contributed by atoms with Gasteiger partial charge in [-0.2, -0.15) is 0 Å². The SMILES string of the molecule is CCOC(=O)c1cc(NC(=O)CN(c2ccc(Oc3ccccc3)cc2)S(C)(=O)=O)ccc1Cl. The van der Waals surface area contributed by atoms with Crippen LogP contribution in [-0.4, -0.2) is 39.7 Å². The zero-order valence-electron chi connectivity index (χ0n) is 18.5. The third-order valence-corrected chi connectivity index (χ3v) is 6.01. The standard InChI is InChI=1S/C24H23ClN2O6S/c1-3-32-24(29)21-15-17(9-14-22(21)25)26-23(28)16-27(34(2,30)31)18-10-12-20(13-11-18)33-19-7-5-4-6-8-19/h4-15H,3,16H2,1-2H3,(H,26,28). The number of hydrogen-bond donors (Lipinski definition) is 1. The van der Waals surface area contributed by atoms with Crippen molar-refractivity contribution >= 4 is 44.9 Å². The van der Waals surface area contributed by atoms with Gasteiger partial charge in [-0.3, -0.25) is 9.10 Å². The van der Waals surface area contributed by atoms with E-state index in [1.54, 1.807) is 43.3 Å². The van der Waals surface area contributed by atoms with E-state index in [1.807, 2.05) is 18.2 Å². The maximum Gasteiger partial charge on any atom is 0.339 e. The average molecular weight is 503 g/mol. The van der Waals surface area contributed by atoms with Gasteiger partial charge in [0.15, 0.2) is 0 Å². The maximum atomic E-state index is 12.7. The summed E-state index contributed by atoms with van der Waals surface area (Å²) in [5, 5.41) is 2.76. The van der Waals surface area contributed by atoms with Gasteiger partial charge in [-0.1, -0.05) is 29.8 Å². The molecule has 3 rings (SSSR count). The van der Waals surface area contributed by atoms with Crippen LogP contribution in [0.3, 0.4) is 0 Å². The third-order valence-electron chi connectivity index (χ3n) is 4.54. The molecule has 3 aromatic carbocycles. The highest BCUT2D eigenvalue weighted by molar-refractivity contribution is 7.92. The molecule has 0 saturated heterocycles. The molecule has 0 fully saturated rings. The molecule has 0 bridgehead atoms. The number of esters is 1. The van der Waals surface area contributed by atoms with Gasteiger partial charge in [-0.25, -0.2) is 13.2 Å². The first-order valence-corrected chi connectivity index (χ1v) is 12.5. The van der Waals surface area contributed by atoms with Crippen LogP contribution >= 0.6 is 11.6 Å². The summed E-state index contributed by atoms with van der Waals surface area (Å²) in [5.74, 6) is -0.0772. The van der Waals surface area contributed by atoms with E-state index in [1.165, 1.54) is 18.2 Å². The molecule has 0 atom stereocenters. The number of hydrogen-bond acceptors (Lipinski definition) is 6. The summed E-state index contributed by atoms with van der Waals surface area (Å²) in [6.45, 7) is 1.36. The molecule has 178 valence electrons. The summed E-state index contributed by atoms with van der Waals surface area (Å²) in [7, 11) is -3.78. The fourth-order valence-electron chi connectivity index (χ4n) is 3.00. The molecule has 0 heterocycles. The van der Waals surface area contributed by atoms with Gasteiger partial charge in [0.1, 0.15) is 18.0 Å². The first-order valence-electron chi connectivity index (χ1n) is 10.2. The molecule has 0 unspecified atom stereocenters. The number of ether oxygens (including phenoxy) is 2. The Kier molecular flexibility index (Phi) is 8.14. The van der Waals surface area contributed by atoms with E-state index in [4.69, 9.17) is 21.1 Å². The number of halogens is 1. The first-order chi connectivity index (χ1) is 16.2. The number of benzene rings is 3. The highest BCUT2D eigenvalue weighted by Gasteiger charge is 2.22. The van der Waals surface area contributed by atoms with E-state index in [0.717, 1.165) is 10.6 Å². The molecule has 0 aliphatic heterocycles. The Morgan fingerprint density at radius 3 is 2.24 bits per heavy atom. The molecule has 8 nitrogen and oxygen atoms in total. The minimum atomic E-state index is -3.78. The van der Waals surface area contributed by atoms with E-state index >= 15 is 0 Å². The van der Waals surface area contributed by atoms with Gasteiger partial charge in [0.05, 0.1) is 29.1 Å². The molecule has 10 heteroatoms. The summed E-state index contributed by atoms with van der Waals surface area (Å²) >= 11 is 6.04. The molecule has 0 aliphatic carbocycles. The predicted octanol–water partition coefficient (Wildman–Crippen LogP) is 4.71. The zero-order valence-corrected chi connectivity index (χ0v) is 20.1. The maximum absolute atomic E-state index is 12.7. The largest absolute Gasteiger partial charge is 0.462 e. The summed E-state index contributed by atoms with van der Waals surface area (Å²) in [4.78, 5) is 24.7. The lowest BCUT2D eigenvalue weighted by atomic mass is 10.2. The summed E-state index contributed by atoms with van der Waals surface area (Å²) in [5.41, 5.74) is 0.661. The van der Waals surface area contributed by atoms with Crippen LogP contribution in [0.15, 0.2) is 72.8 Å². The fourth-order valence-corrected chi connectivity index (χ4v) is 4.06. The van der Waals surface area contributed by atoms with E-state index < -0.39 is 28.4 Å². The van der Waals surface area contributed by atoms with Gasteiger partial charge < -0.3 is 14.8 Å². The van der Waals surface area contributed by atoms with E-state index in [0.29, 0.717) is 17.2 Å². The molecule has 0 saturated carbocycles. The number of amides is 1. The number of sulfonamides is 1. The highest BCUT2D eigenvalue weighted by Crippen LogP contribution is 2.26. The van der Waals surface area contributed by atoms with Crippen molar-refractivity contribution in [2.75, 3.05) is 29.0 Å². The lowest BCUT2D eigenvalue weighted by Crippen LogP contribution is -2.37. The van der Waals surface area contributed by atoms with Crippen LogP contribution in [0.4, 0.5) is 11.4 Å². The summed E-state index contributed by atoms with van der Waals surface area (Å²) in [6, 6.07) is 19.8. The van der Waals surface area contributed by atoms with Gasteiger partial charge in [-0.05, 0) is 61.5 Å². The molecular weight excluding hydrogens is 480 g/mol. The Balaban J connectivity index is 1.74. The van der Waals surface area contributed by atoms with Crippen LogP contribution in [0.25, 0.3) is 0 Å². The Hall–Kier alpha value is -3.56. The lowest BCUT2D eigenvalue weighted by Gasteiger charge is -2.22. The van der Waals surface area contributed by atoms with Crippen molar-refractivity contribution in [3.05, 3.63) is 83.4 Å². The Labute approximate surface area is 203 Å². The quantitative estimate of drug-likeness (QED) is 0.425. The number of nitrogens with zero attached hydrogens (tertiary/aromatic N) is 1. The number of anilines is 2. The molecule has 1 N–H and O–H groups in total. The van der Waals surface area contributed by atoms with Crippen LogP contribution in [0.2, 0.25) is 5.02 Å². The molecule has 0 aliphatic rings. The topological polar surface area (TPSA) is 102 Å². The Morgan fingerprint density at radius 2 is 1.62 bits per heavy atom. The van der Waals surface area contributed by atoms with Crippen LogP contribution in [-0.2, 0) is 19.6 Å². The van der Waals surface area contributed by atoms with Crippen molar-refractivity contribution in [3.63, 3.8) is 0 Å². The van der Waals surface area contributed by atoms with Crippen molar-refractivity contribution < 1.29 is 27.5 Å². The van der Waals surface area contributed by atoms with Crippen molar-refractivity contribution in [2.45, 2.75) is 6.92 Å². The number of carbonyl (C=O) groups excluding carboxylic acids is 2. The molecule has 1 amide bonds. The number of carbonyl (C=O) groups is 2. The minimum absolute atomic E-state index is 0.0929. The van der Waals surface area contributed by atoms with Gasteiger partial charge in [0.25, 0.3) is 0 Å². The van der Waals surface area contributed by atoms with Crippen LogP contribution in [0, 0.1) is 0 Å². The molecular formula is C24H23ClN2O6S. The molecule has 3 aromatic rings. The van der Waals surface area contributed by atoms with Crippen molar-refractivity contribution in [2.24, 2.45) is 0 Å². The second-order valence-corrected chi connectivity index (χ2v) is 9.46. The molecule has 0 aromatic heterocycles. The van der Waals surface area contributed by atoms with Gasteiger partial charge in [0.2, 0.25) is 15.9 Å². The summed E-state index contributed by atoms with van der Waals surface area (Å²) in [6.07, 6.45) is 1.01. The van der Waals surface area contributed by atoms with Crippen LogP contribution < -0.4 is 14.4 Å². The van der Waals surface area contributed by atoms with Crippen molar-refractivity contribution in [1.82, 2.24) is 0 Å². The summed E-state index contributed by atoms with van der Waals surface area (Å²) < 4.78 is 36.4. The molecule has 34 heavy (non-hydrogen) atoms. The zero-order chi connectivity index (χ0) is 24.7. The van der Waals surface area contributed by atoms with Gasteiger partial charge in [0, 0.05) is 5.69 Å². The second kappa shape index (κ2) is 11.0. The van der Waals surface area contributed by atoms with Crippen molar-refractivity contribution in [1.29, 1.82) is 0 Å². The molecule has 0 radical (unpaired) electrons. The van der Waals surface area contributed by atoms with Gasteiger partial charge in [-0.15, -0.1) is 0 Å². The van der Waals surface area contributed by atoms with E-state index in [9.17, 15) is 18.0 Å². The lowest BCUT2D eigenvalue weighted by molar-refractivity contribution is -0.114.